The number of unbranched alkanes of at least 4 members (excludes halogenated alkanes) is 2. The zero-order valence-corrected chi connectivity index (χ0v) is 9.59. The molecule has 0 aromatic carbocycles. The Morgan fingerprint density at radius 2 is 2.20 bits per heavy atom. The van der Waals surface area contributed by atoms with E-state index in [4.69, 9.17) is 12.2 Å². The van der Waals surface area contributed by atoms with Crippen LogP contribution in [0.25, 0.3) is 0 Å². The van der Waals surface area contributed by atoms with Crippen LogP contribution in [-0.2, 0) is 4.79 Å². The topological polar surface area (TPSA) is 55.1 Å². The van der Waals surface area contributed by atoms with Crippen LogP contribution in [0.3, 0.4) is 0 Å². The second-order valence-corrected chi connectivity index (χ2v) is 3.78. The van der Waals surface area contributed by atoms with Crippen LogP contribution in [-0.4, -0.2) is 19.0 Å². The van der Waals surface area contributed by atoms with Crippen LogP contribution in [0.4, 0.5) is 0 Å². The molecule has 0 aromatic rings. The third-order valence-corrected chi connectivity index (χ3v) is 2.34. The normalized spacial score (nSPS) is 11.8. The van der Waals surface area contributed by atoms with Gasteiger partial charge in [0.05, 0.1) is 0 Å². The predicted molar refractivity (Wildman–Crippen MR) is 63.1 cm³/mol. The molecule has 3 N–H and O–H groups in total. The Labute approximate surface area is 92.8 Å². The van der Waals surface area contributed by atoms with Gasteiger partial charge in [-0.05, 0) is 32.2 Å². The van der Waals surface area contributed by atoms with Crippen LogP contribution >= 0.6 is 0 Å². The summed E-state index contributed by atoms with van der Waals surface area (Å²) in [4.78, 5) is 11.5. The third kappa shape index (κ3) is 8.02. The number of hydrogen-bond acceptors (Lipinski definition) is 2. The van der Waals surface area contributed by atoms with Crippen molar-refractivity contribution in [1.29, 1.82) is 0 Å². The predicted octanol–water partition coefficient (Wildman–Crippen LogP) is 1.28. The fourth-order valence-corrected chi connectivity index (χ4v) is 1.29. The van der Waals surface area contributed by atoms with Crippen molar-refractivity contribution in [3.8, 4) is 12.3 Å². The summed E-state index contributed by atoms with van der Waals surface area (Å²) in [7, 11) is 0. The Bertz CT molecular complexity index is 208. The van der Waals surface area contributed by atoms with E-state index < -0.39 is 0 Å². The molecule has 15 heavy (non-hydrogen) atoms. The van der Waals surface area contributed by atoms with Gasteiger partial charge < -0.3 is 11.1 Å². The van der Waals surface area contributed by atoms with Crippen molar-refractivity contribution in [3.05, 3.63) is 0 Å². The van der Waals surface area contributed by atoms with Gasteiger partial charge in [-0.1, -0.05) is 6.92 Å². The second kappa shape index (κ2) is 9.54. The van der Waals surface area contributed by atoms with E-state index in [1.807, 2.05) is 6.92 Å². The number of hydrogen-bond donors (Lipinski definition) is 2. The molecule has 0 spiro atoms. The van der Waals surface area contributed by atoms with Gasteiger partial charge in [-0.3, -0.25) is 4.79 Å². The molecule has 1 atom stereocenters. The molecule has 86 valence electrons. The van der Waals surface area contributed by atoms with E-state index in [1.165, 1.54) is 0 Å². The van der Waals surface area contributed by atoms with Crippen molar-refractivity contribution in [2.24, 2.45) is 11.7 Å². The summed E-state index contributed by atoms with van der Waals surface area (Å²) in [5.74, 6) is 2.78. The summed E-state index contributed by atoms with van der Waals surface area (Å²) in [6, 6.07) is 0. The molecule has 0 aliphatic heterocycles. The Balaban J connectivity index is 3.43. The summed E-state index contributed by atoms with van der Waals surface area (Å²) < 4.78 is 0. The lowest BCUT2D eigenvalue weighted by Gasteiger charge is -2.11. The maximum Gasteiger partial charge on any atom is 0.222 e. The molecule has 0 rings (SSSR count). The van der Waals surface area contributed by atoms with E-state index in [2.05, 4.69) is 11.2 Å². The molecule has 0 radical (unpaired) electrons. The van der Waals surface area contributed by atoms with Crippen molar-refractivity contribution < 1.29 is 4.79 Å². The number of carbonyl (C=O) groups is 1. The minimum atomic E-state index is 0.0705. The lowest BCUT2D eigenvalue weighted by molar-refractivity contribution is -0.124. The van der Waals surface area contributed by atoms with E-state index in [1.54, 1.807) is 0 Å². The SMILES string of the molecule is C#CCCCCNC(=O)C(C)CCCN. The standard InChI is InChI=1S/C12H22N2O/c1-3-4-5-6-10-14-12(15)11(2)8-7-9-13/h1,11H,4-10,13H2,2H3,(H,14,15). The van der Waals surface area contributed by atoms with Crippen LogP contribution in [0.15, 0.2) is 0 Å². The van der Waals surface area contributed by atoms with Gasteiger partial charge in [-0.2, -0.15) is 0 Å². The molecule has 0 saturated heterocycles. The maximum absolute atomic E-state index is 11.5. The van der Waals surface area contributed by atoms with Crippen molar-refractivity contribution in [3.63, 3.8) is 0 Å². The maximum atomic E-state index is 11.5. The highest BCUT2D eigenvalue weighted by Gasteiger charge is 2.10. The van der Waals surface area contributed by atoms with Crippen LogP contribution in [0.5, 0.6) is 0 Å². The fraction of sp³-hybridized carbons (Fsp3) is 0.750. The van der Waals surface area contributed by atoms with Crippen LogP contribution in [0.1, 0.15) is 39.0 Å². The average Bonchev–Trinajstić information content (AvgIpc) is 2.25. The monoisotopic (exact) mass is 210 g/mol. The zero-order chi connectivity index (χ0) is 11.5. The van der Waals surface area contributed by atoms with Gasteiger partial charge in [0.1, 0.15) is 0 Å². The number of nitrogens with one attached hydrogen (secondary N) is 1. The largest absolute Gasteiger partial charge is 0.356 e. The van der Waals surface area contributed by atoms with Gasteiger partial charge in [0.2, 0.25) is 5.91 Å². The van der Waals surface area contributed by atoms with Gasteiger partial charge in [0.15, 0.2) is 0 Å². The molecule has 0 heterocycles. The summed E-state index contributed by atoms with van der Waals surface area (Å²) in [6.45, 7) is 3.32. The van der Waals surface area contributed by atoms with Crippen molar-refractivity contribution in [2.75, 3.05) is 13.1 Å². The summed E-state index contributed by atoms with van der Waals surface area (Å²) in [5, 5.41) is 2.90. The van der Waals surface area contributed by atoms with Crippen LogP contribution in [0.2, 0.25) is 0 Å². The number of terminal acetylenes is 1. The minimum absolute atomic E-state index is 0.0705. The smallest absolute Gasteiger partial charge is 0.222 e. The molecular weight excluding hydrogens is 188 g/mol. The van der Waals surface area contributed by atoms with Crippen LogP contribution in [0, 0.1) is 18.3 Å². The summed E-state index contributed by atoms with van der Waals surface area (Å²) >= 11 is 0. The number of carbonyl (C=O) groups excluding carboxylic acids is 1. The van der Waals surface area contributed by atoms with Gasteiger partial charge in [-0.15, -0.1) is 12.3 Å². The molecule has 0 aliphatic rings. The molecule has 3 nitrogen and oxygen atoms in total. The highest BCUT2D eigenvalue weighted by atomic mass is 16.1. The first-order valence-electron chi connectivity index (χ1n) is 5.63. The van der Waals surface area contributed by atoms with E-state index in [9.17, 15) is 4.79 Å². The van der Waals surface area contributed by atoms with Gasteiger partial charge in [-0.25, -0.2) is 0 Å². The molecule has 1 unspecified atom stereocenters. The lowest BCUT2D eigenvalue weighted by Crippen LogP contribution is -2.30. The highest BCUT2D eigenvalue weighted by Crippen LogP contribution is 2.04. The summed E-state index contributed by atoms with van der Waals surface area (Å²) in [6.07, 6.45) is 9.63. The van der Waals surface area contributed by atoms with E-state index >= 15 is 0 Å². The van der Waals surface area contributed by atoms with Crippen molar-refractivity contribution >= 4 is 5.91 Å². The Morgan fingerprint density at radius 1 is 1.47 bits per heavy atom. The third-order valence-electron chi connectivity index (χ3n) is 2.34. The second-order valence-electron chi connectivity index (χ2n) is 3.78. The molecule has 0 saturated carbocycles. The van der Waals surface area contributed by atoms with E-state index in [-0.39, 0.29) is 11.8 Å². The van der Waals surface area contributed by atoms with Crippen molar-refractivity contribution in [2.45, 2.75) is 39.0 Å². The Morgan fingerprint density at radius 3 is 2.80 bits per heavy atom. The number of nitrogens with two attached hydrogens (primary N) is 1. The molecule has 0 aliphatic carbocycles. The first-order valence-corrected chi connectivity index (χ1v) is 5.63. The van der Waals surface area contributed by atoms with Gasteiger partial charge >= 0.3 is 0 Å². The number of amides is 1. The molecule has 0 fully saturated rings. The van der Waals surface area contributed by atoms with E-state index in [0.29, 0.717) is 6.54 Å². The molecule has 0 aromatic heterocycles. The summed E-state index contributed by atoms with van der Waals surface area (Å²) in [5.41, 5.74) is 5.38. The first kappa shape index (κ1) is 14.0. The zero-order valence-electron chi connectivity index (χ0n) is 9.59. The van der Waals surface area contributed by atoms with Gasteiger partial charge in [0, 0.05) is 18.9 Å². The van der Waals surface area contributed by atoms with E-state index in [0.717, 1.165) is 38.6 Å². The Kier molecular flexibility index (Phi) is 8.90. The Hall–Kier alpha value is -1.01. The minimum Gasteiger partial charge on any atom is -0.356 e. The van der Waals surface area contributed by atoms with Gasteiger partial charge in [0.25, 0.3) is 0 Å². The first-order chi connectivity index (χ1) is 7.22. The molecular formula is C12H22N2O. The average molecular weight is 210 g/mol. The molecule has 1 amide bonds. The molecule has 3 heteroatoms. The fourth-order valence-electron chi connectivity index (χ4n) is 1.29. The highest BCUT2D eigenvalue weighted by molar-refractivity contribution is 5.78. The lowest BCUT2D eigenvalue weighted by atomic mass is 10.0. The quantitative estimate of drug-likeness (QED) is 0.468. The number of rotatable bonds is 8. The molecule has 0 bridgehead atoms. The van der Waals surface area contributed by atoms with Crippen LogP contribution < -0.4 is 11.1 Å². The van der Waals surface area contributed by atoms with Crippen molar-refractivity contribution in [1.82, 2.24) is 5.32 Å².